The number of amides is 2. The second kappa shape index (κ2) is 8.31. The van der Waals surface area contributed by atoms with E-state index in [1.807, 2.05) is 17.0 Å². The van der Waals surface area contributed by atoms with E-state index in [0.717, 1.165) is 31.5 Å². The Morgan fingerprint density at radius 3 is 2.59 bits per heavy atom. The molecule has 2 heterocycles. The highest BCUT2D eigenvalue weighted by atomic mass is 16.3. The summed E-state index contributed by atoms with van der Waals surface area (Å²) in [5.41, 5.74) is 1.55. The first-order chi connectivity index (χ1) is 14.1. The molecule has 0 spiro atoms. The molecule has 1 N–H and O–H groups in total. The smallest absolute Gasteiger partial charge is 0.287 e. The van der Waals surface area contributed by atoms with E-state index in [0.29, 0.717) is 16.5 Å². The lowest BCUT2D eigenvalue weighted by molar-refractivity contribution is 0.0724. The first-order valence-corrected chi connectivity index (χ1v) is 9.81. The van der Waals surface area contributed by atoms with Crippen LogP contribution in [0.3, 0.4) is 0 Å². The standard InChI is InChI=1S/C23H22N2O4/c26-19-14-21(29-20-10-3-2-9-18(19)20)22(27)24-15-16-7-6-8-17(13-16)23(28)25-11-4-1-5-12-25/h2-3,6-10,13-14H,1,4-5,11-12,15H2,(H,24,27). The molecule has 1 aliphatic rings. The molecule has 1 fully saturated rings. The minimum Gasteiger partial charge on any atom is -0.451 e. The Labute approximate surface area is 168 Å². The summed E-state index contributed by atoms with van der Waals surface area (Å²) in [5.74, 6) is -0.478. The Balaban J connectivity index is 1.46. The van der Waals surface area contributed by atoms with Crippen molar-refractivity contribution in [2.75, 3.05) is 13.1 Å². The fraction of sp³-hybridized carbons (Fsp3) is 0.261. The van der Waals surface area contributed by atoms with Crippen LogP contribution < -0.4 is 10.7 Å². The molecule has 0 radical (unpaired) electrons. The maximum absolute atomic E-state index is 12.7. The van der Waals surface area contributed by atoms with Crippen molar-refractivity contribution in [1.82, 2.24) is 10.2 Å². The van der Waals surface area contributed by atoms with E-state index < -0.39 is 5.91 Å². The normalized spacial score (nSPS) is 14.0. The summed E-state index contributed by atoms with van der Waals surface area (Å²) >= 11 is 0. The fourth-order valence-electron chi connectivity index (χ4n) is 3.58. The number of likely N-dealkylation sites (tertiary alicyclic amines) is 1. The zero-order chi connectivity index (χ0) is 20.2. The van der Waals surface area contributed by atoms with Crippen molar-refractivity contribution in [3.63, 3.8) is 0 Å². The summed E-state index contributed by atoms with van der Waals surface area (Å²) in [7, 11) is 0. The van der Waals surface area contributed by atoms with Gasteiger partial charge in [0.2, 0.25) is 0 Å². The second-order valence-electron chi connectivity index (χ2n) is 7.21. The molecule has 6 nitrogen and oxygen atoms in total. The number of benzene rings is 2. The van der Waals surface area contributed by atoms with Crippen LogP contribution in [0.5, 0.6) is 0 Å². The highest BCUT2D eigenvalue weighted by molar-refractivity contribution is 5.95. The molecule has 148 valence electrons. The lowest BCUT2D eigenvalue weighted by Gasteiger charge is -2.26. The van der Waals surface area contributed by atoms with Crippen LogP contribution in [0, 0.1) is 0 Å². The van der Waals surface area contributed by atoms with Crippen molar-refractivity contribution in [2.24, 2.45) is 0 Å². The van der Waals surface area contributed by atoms with Crippen LogP contribution in [-0.2, 0) is 6.54 Å². The zero-order valence-electron chi connectivity index (χ0n) is 16.0. The lowest BCUT2D eigenvalue weighted by Crippen LogP contribution is -2.35. The van der Waals surface area contributed by atoms with Gasteiger partial charge in [0.25, 0.3) is 11.8 Å². The summed E-state index contributed by atoms with van der Waals surface area (Å²) in [6, 6.07) is 15.3. The Morgan fingerprint density at radius 2 is 1.76 bits per heavy atom. The van der Waals surface area contributed by atoms with E-state index in [-0.39, 0.29) is 23.6 Å². The second-order valence-corrected chi connectivity index (χ2v) is 7.21. The molecule has 1 aromatic heterocycles. The van der Waals surface area contributed by atoms with Crippen molar-refractivity contribution in [1.29, 1.82) is 0 Å². The molecular weight excluding hydrogens is 368 g/mol. The summed E-state index contributed by atoms with van der Waals surface area (Å²) in [4.78, 5) is 39.2. The molecule has 0 atom stereocenters. The molecule has 0 unspecified atom stereocenters. The van der Waals surface area contributed by atoms with E-state index in [1.165, 1.54) is 12.5 Å². The molecule has 4 rings (SSSR count). The molecule has 3 aromatic rings. The summed E-state index contributed by atoms with van der Waals surface area (Å²) in [6.45, 7) is 1.82. The Kier molecular flexibility index (Phi) is 5.42. The molecular formula is C23H22N2O4. The first kappa shape index (κ1) is 18.9. The summed E-state index contributed by atoms with van der Waals surface area (Å²) < 4.78 is 5.56. The van der Waals surface area contributed by atoms with Crippen LogP contribution in [0.2, 0.25) is 0 Å². The van der Waals surface area contributed by atoms with Gasteiger partial charge in [-0.3, -0.25) is 14.4 Å². The highest BCUT2D eigenvalue weighted by Gasteiger charge is 2.18. The molecule has 0 bridgehead atoms. The van der Waals surface area contributed by atoms with Gasteiger partial charge in [0.1, 0.15) is 5.58 Å². The average molecular weight is 390 g/mol. The van der Waals surface area contributed by atoms with Crippen LogP contribution in [0.1, 0.15) is 45.7 Å². The molecule has 1 aliphatic heterocycles. The van der Waals surface area contributed by atoms with Crippen molar-refractivity contribution >= 4 is 22.8 Å². The number of para-hydroxylation sites is 1. The minimum atomic E-state index is -0.472. The number of carbonyl (C=O) groups excluding carboxylic acids is 2. The minimum absolute atomic E-state index is 0.0263. The van der Waals surface area contributed by atoms with Gasteiger partial charge in [-0.05, 0) is 49.1 Å². The van der Waals surface area contributed by atoms with E-state index in [2.05, 4.69) is 5.32 Å². The first-order valence-electron chi connectivity index (χ1n) is 9.81. The van der Waals surface area contributed by atoms with Crippen LogP contribution in [0.25, 0.3) is 11.0 Å². The third-order valence-electron chi connectivity index (χ3n) is 5.13. The number of piperidine rings is 1. The monoisotopic (exact) mass is 390 g/mol. The summed E-state index contributed by atoms with van der Waals surface area (Å²) in [6.07, 6.45) is 3.25. The molecule has 1 saturated heterocycles. The van der Waals surface area contributed by atoms with Crippen LogP contribution in [0.15, 0.2) is 63.8 Å². The number of nitrogens with zero attached hydrogens (tertiary/aromatic N) is 1. The maximum Gasteiger partial charge on any atom is 0.287 e. The van der Waals surface area contributed by atoms with Gasteiger partial charge in [-0.25, -0.2) is 0 Å². The van der Waals surface area contributed by atoms with Crippen LogP contribution in [0.4, 0.5) is 0 Å². The maximum atomic E-state index is 12.7. The number of carbonyl (C=O) groups is 2. The molecule has 6 heteroatoms. The molecule has 2 amide bonds. The lowest BCUT2D eigenvalue weighted by atomic mass is 10.1. The summed E-state index contributed by atoms with van der Waals surface area (Å²) in [5, 5.41) is 3.19. The average Bonchev–Trinajstić information content (AvgIpc) is 2.77. The topological polar surface area (TPSA) is 79.6 Å². The van der Waals surface area contributed by atoms with Crippen molar-refractivity contribution in [3.05, 3.63) is 81.7 Å². The van der Waals surface area contributed by atoms with Crippen LogP contribution in [-0.4, -0.2) is 29.8 Å². The Bertz CT molecular complexity index is 1110. The van der Waals surface area contributed by atoms with Gasteiger partial charge in [-0.2, -0.15) is 0 Å². The SMILES string of the molecule is O=C(NCc1cccc(C(=O)N2CCCCC2)c1)c1cc(=O)c2ccccc2o1. The van der Waals surface area contributed by atoms with Gasteiger partial charge < -0.3 is 14.6 Å². The van der Waals surface area contributed by atoms with Crippen molar-refractivity contribution in [3.8, 4) is 0 Å². The largest absolute Gasteiger partial charge is 0.451 e. The number of hydrogen-bond acceptors (Lipinski definition) is 4. The Morgan fingerprint density at radius 1 is 0.966 bits per heavy atom. The van der Waals surface area contributed by atoms with Crippen molar-refractivity contribution < 1.29 is 14.0 Å². The predicted octanol–water partition coefficient (Wildman–Crippen LogP) is 3.35. The van der Waals surface area contributed by atoms with Crippen molar-refractivity contribution in [2.45, 2.75) is 25.8 Å². The van der Waals surface area contributed by atoms with Gasteiger partial charge >= 0.3 is 0 Å². The van der Waals surface area contributed by atoms with E-state index in [1.54, 1.807) is 36.4 Å². The molecule has 29 heavy (non-hydrogen) atoms. The fourth-order valence-corrected chi connectivity index (χ4v) is 3.58. The number of hydrogen-bond donors (Lipinski definition) is 1. The predicted molar refractivity (Wildman–Crippen MR) is 110 cm³/mol. The molecule has 0 aliphatic carbocycles. The van der Waals surface area contributed by atoms with E-state index in [9.17, 15) is 14.4 Å². The van der Waals surface area contributed by atoms with Gasteiger partial charge in [-0.15, -0.1) is 0 Å². The van der Waals surface area contributed by atoms with Gasteiger partial charge in [0.15, 0.2) is 11.2 Å². The third-order valence-corrected chi connectivity index (χ3v) is 5.13. The van der Waals surface area contributed by atoms with Crippen LogP contribution >= 0.6 is 0 Å². The zero-order valence-corrected chi connectivity index (χ0v) is 16.0. The number of nitrogens with one attached hydrogen (secondary N) is 1. The van der Waals surface area contributed by atoms with Gasteiger partial charge in [0.05, 0.1) is 5.39 Å². The third kappa shape index (κ3) is 4.21. The van der Waals surface area contributed by atoms with E-state index >= 15 is 0 Å². The molecule has 0 saturated carbocycles. The van der Waals surface area contributed by atoms with Gasteiger partial charge in [-0.1, -0.05) is 24.3 Å². The Hall–Kier alpha value is -3.41. The highest BCUT2D eigenvalue weighted by Crippen LogP contribution is 2.15. The van der Waals surface area contributed by atoms with Gasteiger partial charge in [0, 0.05) is 31.3 Å². The molecule has 2 aromatic carbocycles. The number of fused-ring (bicyclic) bond motifs is 1. The number of rotatable bonds is 4. The van der Waals surface area contributed by atoms with E-state index in [4.69, 9.17) is 4.42 Å². The quantitative estimate of drug-likeness (QED) is 0.741.